The topological polar surface area (TPSA) is 45.5 Å². The maximum atomic E-state index is 6.02. The van der Waals surface area contributed by atoms with Crippen molar-refractivity contribution >= 4 is 52.9 Å². The molecule has 22 heavy (non-hydrogen) atoms. The standard InChI is InChI=1S/C14H20ClN5S.HI/c1-10-17-6-13(21-10)7-18-14(16-2)20(4)9-12-5-11(15)8-19(12)3;/h5-6,8H,7,9H2,1-4H3,(H,16,18);1H. The Morgan fingerprint density at radius 3 is 2.77 bits per heavy atom. The minimum atomic E-state index is 0. The van der Waals surface area contributed by atoms with E-state index in [4.69, 9.17) is 11.6 Å². The fourth-order valence-corrected chi connectivity index (χ4v) is 3.09. The molecule has 0 aromatic carbocycles. The Morgan fingerprint density at radius 2 is 2.27 bits per heavy atom. The summed E-state index contributed by atoms with van der Waals surface area (Å²) in [6, 6.07) is 1.97. The molecule has 5 nitrogen and oxygen atoms in total. The second kappa shape index (κ2) is 8.73. The molecular formula is C14H21ClIN5S. The SMILES string of the molecule is CN=C(NCc1cnc(C)s1)N(C)Cc1cc(Cl)cn1C.I. The molecule has 0 radical (unpaired) electrons. The largest absolute Gasteiger partial charge is 0.351 e. The fraction of sp³-hybridized carbons (Fsp3) is 0.429. The van der Waals surface area contributed by atoms with E-state index in [1.54, 1.807) is 18.4 Å². The summed E-state index contributed by atoms with van der Waals surface area (Å²) in [4.78, 5) is 11.8. The number of hydrogen-bond donors (Lipinski definition) is 1. The van der Waals surface area contributed by atoms with Crippen LogP contribution in [0, 0.1) is 6.92 Å². The maximum Gasteiger partial charge on any atom is 0.194 e. The van der Waals surface area contributed by atoms with Gasteiger partial charge < -0.3 is 14.8 Å². The Bertz CT molecular complexity index is 637. The molecule has 0 saturated heterocycles. The smallest absolute Gasteiger partial charge is 0.194 e. The molecule has 0 aliphatic carbocycles. The Kier molecular flexibility index (Phi) is 7.64. The highest BCUT2D eigenvalue weighted by molar-refractivity contribution is 14.0. The van der Waals surface area contributed by atoms with Gasteiger partial charge in [0, 0.05) is 44.1 Å². The van der Waals surface area contributed by atoms with Gasteiger partial charge in [-0.05, 0) is 13.0 Å². The van der Waals surface area contributed by atoms with Crippen molar-refractivity contribution in [3.8, 4) is 0 Å². The summed E-state index contributed by atoms with van der Waals surface area (Å²) in [6.07, 6.45) is 3.80. The number of thiazole rings is 1. The van der Waals surface area contributed by atoms with Crippen LogP contribution in [0.1, 0.15) is 15.6 Å². The lowest BCUT2D eigenvalue weighted by Gasteiger charge is -2.22. The minimum Gasteiger partial charge on any atom is -0.351 e. The Labute approximate surface area is 157 Å². The van der Waals surface area contributed by atoms with Gasteiger partial charge in [0.1, 0.15) is 0 Å². The molecule has 0 aliphatic rings. The minimum absolute atomic E-state index is 0. The van der Waals surface area contributed by atoms with Crippen molar-refractivity contribution in [1.29, 1.82) is 0 Å². The number of nitrogens with zero attached hydrogens (tertiary/aromatic N) is 4. The summed E-state index contributed by atoms with van der Waals surface area (Å²) in [5, 5.41) is 5.18. The Balaban J connectivity index is 0.00000242. The molecule has 0 atom stereocenters. The number of rotatable bonds is 4. The van der Waals surface area contributed by atoms with E-state index in [9.17, 15) is 0 Å². The summed E-state index contributed by atoms with van der Waals surface area (Å²) < 4.78 is 2.03. The van der Waals surface area contributed by atoms with Gasteiger partial charge in [0.25, 0.3) is 0 Å². The van der Waals surface area contributed by atoms with Gasteiger partial charge in [-0.1, -0.05) is 11.6 Å². The van der Waals surface area contributed by atoms with Crippen LogP contribution in [0.15, 0.2) is 23.5 Å². The number of aryl methyl sites for hydroxylation is 2. The van der Waals surface area contributed by atoms with E-state index in [1.807, 2.05) is 44.0 Å². The number of aliphatic imine (C=N–C) groups is 1. The van der Waals surface area contributed by atoms with Crippen LogP contribution < -0.4 is 5.32 Å². The van der Waals surface area contributed by atoms with E-state index in [2.05, 4.69) is 20.2 Å². The van der Waals surface area contributed by atoms with E-state index in [1.165, 1.54) is 4.88 Å². The summed E-state index contributed by atoms with van der Waals surface area (Å²) >= 11 is 7.71. The third-order valence-corrected chi connectivity index (χ3v) is 4.26. The molecule has 2 aromatic heterocycles. The van der Waals surface area contributed by atoms with E-state index in [-0.39, 0.29) is 24.0 Å². The van der Waals surface area contributed by atoms with E-state index >= 15 is 0 Å². The zero-order valence-corrected chi connectivity index (χ0v) is 17.0. The summed E-state index contributed by atoms with van der Waals surface area (Å²) in [5.41, 5.74) is 1.14. The molecule has 2 aromatic rings. The van der Waals surface area contributed by atoms with Crippen molar-refractivity contribution in [3.05, 3.63) is 39.1 Å². The van der Waals surface area contributed by atoms with Gasteiger partial charge >= 0.3 is 0 Å². The molecule has 2 heterocycles. The molecule has 0 aliphatic heterocycles. The van der Waals surface area contributed by atoms with Crippen LogP contribution in [0.5, 0.6) is 0 Å². The molecule has 1 N–H and O–H groups in total. The fourth-order valence-electron chi connectivity index (χ4n) is 2.08. The van der Waals surface area contributed by atoms with Crippen LogP contribution in [0.4, 0.5) is 0 Å². The van der Waals surface area contributed by atoms with Crippen LogP contribution in [0.25, 0.3) is 0 Å². The molecule has 0 fully saturated rings. The van der Waals surface area contributed by atoms with E-state index in [0.717, 1.165) is 34.8 Å². The maximum absolute atomic E-state index is 6.02. The van der Waals surface area contributed by atoms with Crippen molar-refractivity contribution in [2.45, 2.75) is 20.0 Å². The molecule has 0 unspecified atom stereocenters. The zero-order valence-electron chi connectivity index (χ0n) is 13.1. The predicted molar refractivity (Wildman–Crippen MR) is 104 cm³/mol. The van der Waals surface area contributed by atoms with Gasteiger partial charge in [0.15, 0.2) is 5.96 Å². The third kappa shape index (κ3) is 5.13. The molecular weight excluding hydrogens is 433 g/mol. The number of halogens is 2. The van der Waals surface area contributed by atoms with Gasteiger partial charge in [-0.15, -0.1) is 35.3 Å². The van der Waals surface area contributed by atoms with Crippen LogP contribution in [0.2, 0.25) is 5.02 Å². The Morgan fingerprint density at radius 1 is 1.55 bits per heavy atom. The molecule has 0 amide bonds. The first-order valence-electron chi connectivity index (χ1n) is 6.63. The lowest BCUT2D eigenvalue weighted by Crippen LogP contribution is -2.38. The lowest BCUT2D eigenvalue weighted by atomic mass is 10.4. The summed E-state index contributed by atoms with van der Waals surface area (Å²) in [6.45, 7) is 3.48. The highest BCUT2D eigenvalue weighted by Gasteiger charge is 2.10. The average molecular weight is 454 g/mol. The molecule has 2 rings (SSSR count). The van der Waals surface area contributed by atoms with Crippen molar-refractivity contribution in [3.63, 3.8) is 0 Å². The molecule has 0 saturated carbocycles. The highest BCUT2D eigenvalue weighted by Crippen LogP contribution is 2.14. The quantitative estimate of drug-likeness (QED) is 0.439. The number of hydrogen-bond acceptors (Lipinski definition) is 3. The second-order valence-corrected chi connectivity index (χ2v) is 6.62. The first-order valence-corrected chi connectivity index (χ1v) is 7.83. The van der Waals surface area contributed by atoms with Crippen LogP contribution in [0.3, 0.4) is 0 Å². The number of guanidine groups is 1. The zero-order chi connectivity index (χ0) is 15.4. The second-order valence-electron chi connectivity index (χ2n) is 4.86. The summed E-state index contributed by atoms with van der Waals surface area (Å²) in [7, 11) is 5.79. The monoisotopic (exact) mass is 453 g/mol. The van der Waals surface area contributed by atoms with Crippen LogP contribution >= 0.6 is 46.9 Å². The normalized spacial score (nSPS) is 11.2. The molecule has 122 valence electrons. The Hall–Kier alpha value is -0.800. The first kappa shape index (κ1) is 19.2. The molecule has 8 heteroatoms. The van der Waals surface area contributed by atoms with Gasteiger partial charge in [-0.3, -0.25) is 4.99 Å². The average Bonchev–Trinajstić information content (AvgIpc) is 2.96. The van der Waals surface area contributed by atoms with Gasteiger partial charge in [-0.25, -0.2) is 4.98 Å². The van der Waals surface area contributed by atoms with Crippen molar-refractivity contribution < 1.29 is 0 Å². The first-order chi connectivity index (χ1) is 9.99. The van der Waals surface area contributed by atoms with Gasteiger partial charge in [-0.2, -0.15) is 0 Å². The van der Waals surface area contributed by atoms with E-state index in [0.29, 0.717) is 0 Å². The van der Waals surface area contributed by atoms with Crippen molar-refractivity contribution in [1.82, 2.24) is 19.8 Å². The van der Waals surface area contributed by atoms with E-state index < -0.39 is 0 Å². The van der Waals surface area contributed by atoms with Gasteiger partial charge in [0.05, 0.1) is 23.1 Å². The third-order valence-electron chi connectivity index (χ3n) is 3.14. The molecule has 0 spiro atoms. The predicted octanol–water partition coefficient (Wildman–Crippen LogP) is 3.27. The number of nitrogens with one attached hydrogen (secondary N) is 1. The molecule has 0 bridgehead atoms. The van der Waals surface area contributed by atoms with Crippen LogP contribution in [-0.4, -0.2) is 34.5 Å². The summed E-state index contributed by atoms with van der Waals surface area (Å²) in [5.74, 6) is 0.846. The van der Waals surface area contributed by atoms with Crippen molar-refractivity contribution in [2.24, 2.45) is 12.0 Å². The number of aromatic nitrogens is 2. The lowest BCUT2D eigenvalue weighted by molar-refractivity contribution is 0.462. The van der Waals surface area contributed by atoms with Gasteiger partial charge in [0.2, 0.25) is 0 Å². The van der Waals surface area contributed by atoms with Crippen LogP contribution in [-0.2, 0) is 20.1 Å². The van der Waals surface area contributed by atoms with Crippen molar-refractivity contribution in [2.75, 3.05) is 14.1 Å². The highest BCUT2D eigenvalue weighted by atomic mass is 127.